The number of pyridine rings is 1. The van der Waals surface area contributed by atoms with Crippen LogP contribution in [0.5, 0.6) is 5.75 Å². The summed E-state index contributed by atoms with van der Waals surface area (Å²) in [4.78, 5) is 39.3. The normalized spacial score (nSPS) is 16.1. The molecule has 1 unspecified atom stereocenters. The van der Waals surface area contributed by atoms with Crippen LogP contribution in [-0.4, -0.2) is 39.5 Å². The molecule has 0 saturated heterocycles. The van der Waals surface area contributed by atoms with Gasteiger partial charge in [-0.2, -0.15) is 0 Å². The number of amides is 2. The zero-order valence-electron chi connectivity index (χ0n) is 16.5. The van der Waals surface area contributed by atoms with Gasteiger partial charge in [-0.3, -0.25) is 14.4 Å². The van der Waals surface area contributed by atoms with Crippen LogP contribution in [0.4, 0.5) is 8.78 Å². The number of nitrogens with one attached hydrogen (secondary N) is 1. The number of rotatable bonds is 5. The van der Waals surface area contributed by atoms with E-state index in [2.05, 4.69) is 5.32 Å². The molecule has 1 aromatic carbocycles. The number of hydrogen-bond acceptors (Lipinski definition) is 4. The zero-order valence-corrected chi connectivity index (χ0v) is 16.5. The standard InChI is InChI=1S/C21H21F2N3O4/c1-3-4-7-25-10-12(2)26-11-15(18(27)19(28)17(26)21(25)30)20(29)24-9-13-5-6-14(22)8-16(13)23/h3-6,8,11-12,28H,7,9-10H2,1-2H3,(H,24,29)/b4-3-. The number of aromatic hydroxyl groups is 1. The average molecular weight is 417 g/mol. The Labute approximate surface area is 171 Å². The summed E-state index contributed by atoms with van der Waals surface area (Å²) < 4.78 is 28.1. The summed E-state index contributed by atoms with van der Waals surface area (Å²) >= 11 is 0. The maximum atomic E-state index is 13.7. The van der Waals surface area contributed by atoms with Crippen molar-refractivity contribution < 1.29 is 23.5 Å². The zero-order chi connectivity index (χ0) is 22.0. The van der Waals surface area contributed by atoms with Crippen molar-refractivity contribution in [2.45, 2.75) is 26.4 Å². The number of nitrogens with zero attached hydrogens (tertiary/aromatic N) is 2. The van der Waals surface area contributed by atoms with Gasteiger partial charge in [0.2, 0.25) is 5.43 Å². The summed E-state index contributed by atoms with van der Waals surface area (Å²) in [5.41, 5.74) is -1.51. The monoisotopic (exact) mass is 417 g/mol. The van der Waals surface area contributed by atoms with E-state index < -0.39 is 34.6 Å². The van der Waals surface area contributed by atoms with Crippen LogP contribution >= 0.6 is 0 Å². The van der Waals surface area contributed by atoms with Crippen molar-refractivity contribution in [1.29, 1.82) is 0 Å². The fourth-order valence-electron chi connectivity index (χ4n) is 3.31. The number of aromatic nitrogens is 1. The predicted molar refractivity (Wildman–Crippen MR) is 105 cm³/mol. The van der Waals surface area contributed by atoms with E-state index in [-0.39, 0.29) is 29.4 Å². The summed E-state index contributed by atoms with van der Waals surface area (Å²) in [6.45, 7) is 3.99. The number of benzene rings is 1. The first kappa shape index (κ1) is 21.2. The second-order valence-corrected chi connectivity index (χ2v) is 7.02. The molecule has 0 bridgehead atoms. The summed E-state index contributed by atoms with van der Waals surface area (Å²) in [6, 6.07) is 2.63. The maximum absolute atomic E-state index is 13.7. The summed E-state index contributed by atoms with van der Waals surface area (Å²) in [6.07, 6.45) is 4.80. The smallest absolute Gasteiger partial charge is 0.274 e. The number of allylic oxidation sites excluding steroid dienone is 1. The highest BCUT2D eigenvalue weighted by molar-refractivity contribution is 5.99. The highest BCUT2D eigenvalue weighted by Gasteiger charge is 2.33. The molecule has 0 radical (unpaired) electrons. The van der Waals surface area contributed by atoms with E-state index in [0.29, 0.717) is 19.2 Å². The quantitative estimate of drug-likeness (QED) is 0.731. The lowest BCUT2D eigenvalue weighted by atomic mass is 10.1. The SMILES string of the molecule is C/C=C\CN1CC(C)n2cc(C(=O)NCc3ccc(F)cc3F)c(=O)c(O)c2C1=O. The van der Waals surface area contributed by atoms with E-state index in [1.54, 1.807) is 19.1 Å². The summed E-state index contributed by atoms with van der Waals surface area (Å²) in [5.74, 6) is -3.74. The molecule has 0 spiro atoms. The van der Waals surface area contributed by atoms with Crippen molar-refractivity contribution in [3.05, 3.63) is 75.2 Å². The number of fused-ring (bicyclic) bond motifs is 1. The van der Waals surface area contributed by atoms with Gasteiger partial charge in [0.05, 0.1) is 0 Å². The second kappa shape index (κ2) is 8.48. The van der Waals surface area contributed by atoms with Crippen LogP contribution in [0.1, 0.15) is 46.3 Å². The third kappa shape index (κ3) is 3.96. The minimum atomic E-state index is -0.994. The van der Waals surface area contributed by atoms with Crippen LogP contribution in [0.3, 0.4) is 0 Å². The Balaban J connectivity index is 1.90. The third-order valence-corrected chi connectivity index (χ3v) is 4.92. The van der Waals surface area contributed by atoms with Gasteiger partial charge < -0.3 is 19.9 Å². The van der Waals surface area contributed by atoms with Gasteiger partial charge in [0, 0.05) is 43.5 Å². The van der Waals surface area contributed by atoms with Crippen LogP contribution in [-0.2, 0) is 6.54 Å². The fourth-order valence-corrected chi connectivity index (χ4v) is 3.31. The molecule has 30 heavy (non-hydrogen) atoms. The highest BCUT2D eigenvalue weighted by Crippen LogP contribution is 2.26. The molecule has 3 rings (SSSR count). The second-order valence-electron chi connectivity index (χ2n) is 7.02. The molecule has 0 aliphatic carbocycles. The molecule has 2 amide bonds. The van der Waals surface area contributed by atoms with E-state index >= 15 is 0 Å². The van der Waals surface area contributed by atoms with Crippen molar-refractivity contribution >= 4 is 11.8 Å². The van der Waals surface area contributed by atoms with Crippen LogP contribution < -0.4 is 10.7 Å². The first-order valence-electron chi connectivity index (χ1n) is 9.35. The minimum absolute atomic E-state index is 0.0372. The van der Waals surface area contributed by atoms with Gasteiger partial charge >= 0.3 is 0 Å². The summed E-state index contributed by atoms with van der Waals surface area (Å²) in [5, 5.41) is 12.8. The lowest BCUT2D eigenvalue weighted by Gasteiger charge is -2.34. The Morgan fingerprint density at radius 2 is 2.07 bits per heavy atom. The molecular formula is C21H21F2N3O4. The van der Waals surface area contributed by atoms with Crippen LogP contribution in [0.2, 0.25) is 0 Å². The van der Waals surface area contributed by atoms with Crippen molar-refractivity contribution in [2.75, 3.05) is 13.1 Å². The molecule has 158 valence electrons. The van der Waals surface area contributed by atoms with E-state index in [1.165, 1.54) is 21.7 Å². The van der Waals surface area contributed by atoms with Crippen molar-refractivity contribution in [1.82, 2.24) is 14.8 Å². The largest absolute Gasteiger partial charge is 0.503 e. The van der Waals surface area contributed by atoms with E-state index in [4.69, 9.17) is 0 Å². The Hall–Kier alpha value is -3.49. The van der Waals surface area contributed by atoms with E-state index in [9.17, 15) is 28.3 Å². The van der Waals surface area contributed by atoms with E-state index in [1.807, 2.05) is 6.92 Å². The van der Waals surface area contributed by atoms with Gasteiger partial charge in [0.25, 0.3) is 11.8 Å². The topological polar surface area (TPSA) is 91.6 Å². The molecule has 2 aromatic rings. The highest BCUT2D eigenvalue weighted by atomic mass is 19.1. The maximum Gasteiger partial charge on any atom is 0.274 e. The molecule has 1 aliphatic heterocycles. The lowest BCUT2D eigenvalue weighted by Crippen LogP contribution is -2.44. The van der Waals surface area contributed by atoms with Crippen molar-refractivity contribution in [3.63, 3.8) is 0 Å². The van der Waals surface area contributed by atoms with Gasteiger partial charge in [-0.15, -0.1) is 0 Å². The molecule has 0 fully saturated rings. The van der Waals surface area contributed by atoms with Crippen LogP contribution in [0.25, 0.3) is 0 Å². The Morgan fingerprint density at radius 3 is 2.73 bits per heavy atom. The first-order valence-corrected chi connectivity index (χ1v) is 9.35. The molecule has 2 heterocycles. The summed E-state index contributed by atoms with van der Waals surface area (Å²) in [7, 11) is 0. The Morgan fingerprint density at radius 1 is 1.33 bits per heavy atom. The number of carbonyl (C=O) groups excluding carboxylic acids is 2. The molecule has 9 heteroatoms. The molecule has 1 aliphatic rings. The predicted octanol–water partition coefficient (Wildman–Crippen LogP) is 2.36. The molecule has 0 saturated carbocycles. The van der Waals surface area contributed by atoms with Crippen molar-refractivity contribution in [2.24, 2.45) is 0 Å². The van der Waals surface area contributed by atoms with E-state index in [0.717, 1.165) is 6.07 Å². The first-order chi connectivity index (χ1) is 14.2. The Bertz CT molecular complexity index is 1090. The van der Waals surface area contributed by atoms with Gasteiger partial charge in [-0.05, 0) is 19.9 Å². The molecule has 7 nitrogen and oxygen atoms in total. The molecular weight excluding hydrogens is 396 g/mol. The van der Waals surface area contributed by atoms with Crippen molar-refractivity contribution in [3.8, 4) is 5.75 Å². The molecule has 1 aromatic heterocycles. The number of hydrogen-bond donors (Lipinski definition) is 2. The Kier molecular flexibility index (Phi) is 6.00. The van der Waals surface area contributed by atoms with Gasteiger partial charge in [-0.25, -0.2) is 8.78 Å². The average Bonchev–Trinajstić information content (AvgIpc) is 2.70. The van der Waals surface area contributed by atoms with Crippen LogP contribution in [0, 0.1) is 11.6 Å². The third-order valence-electron chi connectivity index (χ3n) is 4.92. The number of carbonyl (C=O) groups is 2. The molecule has 1 atom stereocenters. The molecule has 2 N–H and O–H groups in total. The fraction of sp³-hybridized carbons (Fsp3) is 0.286. The van der Waals surface area contributed by atoms with Gasteiger partial charge in [0.15, 0.2) is 11.4 Å². The number of halogens is 2. The van der Waals surface area contributed by atoms with Crippen LogP contribution in [0.15, 0.2) is 41.3 Å². The van der Waals surface area contributed by atoms with Gasteiger partial charge in [0.1, 0.15) is 17.2 Å². The lowest BCUT2D eigenvalue weighted by molar-refractivity contribution is 0.0688. The minimum Gasteiger partial charge on any atom is -0.503 e. The van der Waals surface area contributed by atoms with Gasteiger partial charge in [-0.1, -0.05) is 18.2 Å².